The molecule has 0 saturated carbocycles. The van der Waals surface area contributed by atoms with Gasteiger partial charge in [0.1, 0.15) is 12.3 Å². The second-order valence-electron chi connectivity index (χ2n) is 5.43. The normalized spacial score (nSPS) is 10.6. The molecule has 0 spiro atoms. The van der Waals surface area contributed by atoms with Crippen molar-refractivity contribution in [3.8, 4) is 17.0 Å². The highest BCUT2D eigenvalue weighted by Gasteiger charge is 2.16. The van der Waals surface area contributed by atoms with E-state index in [1.165, 1.54) is 30.5 Å². The molecule has 0 fully saturated rings. The molecular weight excluding hydrogens is 380 g/mol. The minimum atomic E-state index is -2.88. The number of amides is 2. The van der Waals surface area contributed by atoms with Crippen molar-refractivity contribution in [1.29, 1.82) is 0 Å². The van der Waals surface area contributed by atoms with Gasteiger partial charge in [0.05, 0.1) is 12.3 Å². The Morgan fingerprint density at radius 3 is 2.56 bits per heavy atom. The number of hydrogen-bond donors (Lipinski definition) is 1. The molecule has 0 aliphatic carbocycles. The second kappa shape index (κ2) is 9.26. The van der Waals surface area contributed by atoms with Crippen LogP contribution in [-0.4, -0.2) is 48.7 Å². The molecule has 0 atom stereocenters. The third-order valence-corrected chi connectivity index (χ3v) is 4.24. The number of halogens is 2. The van der Waals surface area contributed by atoms with Gasteiger partial charge in [0.15, 0.2) is 5.13 Å². The molecule has 1 heterocycles. The van der Waals surface area contributed by atoms with Gasteiger partial charge in [-0.2, -0.15) is 8.78 Å². The van der Waals surface area contributed by atoms with Crippen LogP contribution in [0.15, 0.2) is 24.3 Å². The Morgan fingerprint density at radius 2 is 1.96 bits per heavy atom. The summed E-state index contributed by atoms with van der Waals surface area (Å²) in [5.74, 6) is -0.358. The highest BCUT2D eigenvalue weighted by atomic mass is 32.1. The van der Waals surface area contributed by atoms with Crippen LogP contribution in [-0.2, 0) is 9.53 Å². The van der Waals surface area contributed by atoms with Crippen molar-refractivity contribution in [2.24, 2.45) is 0 Å². The highest BCUT2D eigenvalue weighted by Crippen LogP contribution is 2.31. The van der Waals surface area contributed by atoms with E-state index in [1.807, 2.05) is 6.92 Å². The van der Waals surface area contributed by atoms with Crippen LogP contribution < -0.4 is 10.1 Å². The summed E-state index contributed by atoms with van der Waals surface area (Å²) < 4.78 is 33.5. The zero-order valence-electron chi connectivity index (χ0n) is 15.0. The number of benzene rings is 1. The Bertz CT molecular complexity index is 796. The standard InChI is InChI=1S/C17H19F2N3O4S/c1-4-25-17(24)22(3)9-13(23)20-16-21-14(10(2)27-16)11-5-7-12(8-6-11)26-15(18)19/h5-8,15H,4,9H2,1-3H3,(H,20,21,23). The van der Waals surface area contributed by atoms with Gasteiger partial charge in [0.25, 0.3) is 0 Å². The molecule has 1 aromatic heterocycles. The van der Waals surface area contributed by atoms with Crippen molar-refractivity contribution in [3.05, 3.63) is 29.1 Å². The van der Waals surface area contributed by atoms with Crippen LogP contribution in [0.3, 0.4) is 0 Å². The SMILES string of the molecule is CCOC(=O)N(C)CC(=O)Nc1nc(-c2ccc(OC(F)F)cc2)c(C)s1. The van der Waals surface area contributed by atoms with Crippen molar-refractivity contribution < 1.29 is 27.8 Å². The summed E-state index contributed by atoms with van der Waals surface area (Å²) in [5.41, 5.74) is 1.33. The molecule has 10 heteroatoms. The molecule has 2 rings (SSSR count). The molecule has 0 aliphatic rings. The summed E-state index contributed by atoms with van der Waals surface area (Å²) in [6.45, 7) is 0.675. The molecule has 2 amide bonds. The number of alkyl halides is 2. The van der Waals surface area contributed by atoms with Crippen molar-refractivity contribution >= 4 is 28.5 Å². The van der Waals surface area contributed by atoms with Crippen molar-refractivity contribution in [3.63, 3.8) is 0 Å². The van der Waals surface area contributed by atoms with Crippen LogP contribution >= 0.6 is 11.3 Å². The predicted octanol–water partition coefficient (Wildman–Crippen LogP) is 3.75. The van der Waals surface area contributed by atoms with Crippen molar-refractivity contribution in [1.82, 2.24) is 9.88 Å². The van der Waals surface area contributed by atoms with Gasteiger partial charge in [-0.05, 0) is 38.1 Å². The molecule has 0 saturated heterocycles. The fourth-order valence-corrected chi connectivity index (χ4v) is 3.04. The van der Waals surface area contributed by atoms with E-state index in [1.54, 1.807) is 19.1 Å². The summed E-state index contributed by atoms with van der Waals surface area (Å²) in [6.07, 6.45) is -0.588. The number of ether oxygens (including phenoxy) is 2. The lowest BCUT2D eigenvalue weighted by atomic mass is 10.1. The van der Waals surface area contributed by atoms with Gasteiger partial charge in [-0.3, -0.25) is 4.79 Å². The largest absolute Gasteiger partial charge is 0.450 e. The molecule has 0 radical (unpaired) electrons. The van der Waals surface area contributed by atoms with Gasteiger partial charge in [0, 0.05) is 17.5 Å². The van der Waals surface area contributed by atoms with E-state index in [4.69, 9.17) is 4.74 Å². The number of hydrogen-bond acceptors (Lipinski definition) is 6. The first kappa shape index (κ1) is 20.6. The first-order valence-electron chi connectivity index (χ1n) is 8.00. The number of carbonyl (C=O) groups is 2. The van der Waals surface area contributed by atoms with Crippen LogP contribution in [0.25, 0.3) is 11.3 Å². The Morgan fingerprint density at radius 1 is 1.30 bits per heavy atom. The lowest BCUT2D eigenvalue weighted by Crippen LogP contribution is -2.35. The van der Waals surface area contributed by atoms with E-state index in [2.05, 4.69) is 15.0 Å². The molecule has 1 aromatic carbocycles. The molecule has 146 valence electrons. The number of thiazole rings is 1. The Balaban J connectivity index is 2.03. The van der Waals surface area contributed by atoms with Crippen molar-refractivity contribution in [2.45, 2.75) is 20.5 Å². The van der Waals surface area contributed by atoms with Gasteiger partial charge in [-0.25, -0.2) is 9.78 Å². The Labute approximate surface area is 158 Å². The molecule has 0 aliphatic heterocycles. The quantitative estimate of drug-likeness (QED) is 0.767. The number of rotatable bonds is 7. The van der Waals surface area contributed by atoms with E-state index in [9.17, 15) is 18.4 Å². The topological polar surface area (TPSA) is 80.8 Å². The minimum Gasteiger partial charge on any atom is -0.450 e. The summed E-state index contributed by atoms with van der Waals surface area (Å²) in [5, 5.41) is 3.01. The fraction of sp³-hybridized carbons (Fsp3) is 0.353. The fourth-order valence-electron chi connectivity index (χ4n) is 2.18. The molecule has 0 bridgehead atoms. The summed E-state index contributed by atoms with van der Waals surface area (Å²) in [6, 6.07) is 6.07. The lowest BCUT2D eigenvalue weighted by Gasteiger charge is -2.15. The average Bonchev–Trinajstić information content (AvgIpc) is 2.95. The van der Waals surface area contributed by atoms with E-state index < -0.39 is 18.6 Å². The summed E-state index contributed by atoms with van der Waals surface area (Å²) in [4.78, 5) is 29.9. The predicted molar refractivity (Wildman–Crippen MR) is 97.2 cm³/mol. The summed E-state index contributed by atoms with van der Waals surface area (Å²) in [7, 11) is 1.46. The van der Waals surface area contributed by atoms with Crippen LogP contribution in [0, 0.1) is 6.92 Å². The average molecular weight is 399 g/mol. The van der Waals surface area contributed by atoms with Crippen molar-refractivity contribution in [2.75, 3.05) is 25.5 Å². The van der Waals surface area contributed by atoms with Crippen LogP contribution in [0.5, 0.6) is 5.75 Å². The Hall–Kier alpha value is -2.75. The van der Waals surface area contributed by atoms with Crippen LogP contribution in [0.4, 0.5) is 18.7 Å². The summed E-state index contributed by atoms with van der Waals surface area (Å²) >= 11 is 1.27. The molecular formula is C17H19F2N3O4S. The minimum absolute atomic E-state index is 0.0529. The molecule has 1 N–H and O–H groups in total. The van der Waals surface area contributed by atoms with Crippen LogP contribution in [0.1, 0.15) is 11.8 Å². The smallest absolute Gasteiger partial charge is 0.409 e. The molecule has 7 nitrogen and oxygen atoms in total. The zero-order valence-corrected chi connectivity index (χ0v) is 15.8. The number of nitrogens with one attached hydrogen (secondary N) is 1. The monoisotopic (exact) mass is 399 g/mol. The van der Waals surface area contributed by atoms with Crippen LogP contribution in [0.2, 0.25) is 0 Å². The van der Waals surface area contributed by atoms with E-state index >= 15 is 0 Å². The van der Waals surface area contributed by atoms with Gasteiger partial charge in [-0.1, -0.05) is 0 Å². The molecule has 27 heavy (non-hydrogen) atoms. The number of likely N-dealkylation sites (N-methyl/N-ethyl adjacent to an activating group) is 1. The second-order valence-corrected chi connectivity index (χ2v) is 6.63. The van der Waals surface area contributed by atoms with Gasteiger partial charge >= 0.3 is 12.7 Å². The van der Waals surface area contributed by atoms with E-state index in [-0.39, 0.29) is 18.9 Å². The maximum absolute atomic E-state index is 12.2. The maximum atomic E-state index is 12.2. The van der Waals surface area contributed by atoms with Gasteiger partial charge < -0.3 is 19.7 Å². The number of carbonyl (C=O) groups excluding carboxylic acids is 2. The first-order chi connectivity index (χ1) is 12.8. The third kappa shape index (κ3) is 5.88. The van der Waals surface area contributed by atoms with Gasteiger partial charge in [0.2, 0.25) is 5.91 Å². The number of aryl methyl sites for hydroxylation is 1. The van der Waals surface area contributed by atoms with E-state index in [0.717, 1.165) is 9.78 Å². The number of nitrogens with zero attached hydrogens (tertiary/aromatic N) is 2. The number of anilines is 1. The maximum Gasteiger partial charge on any atom is 0.409 e. The zero-order chi connectivity index (χ0) is 20.0. The third-order valence-electron chi connectivity index (χ3n) is 3.36. The molecule has 2 aromatic rings. The van der Waals surface area contributed by atoms with Gasteiger partial charge in [-0.15, -0.1) is 11.3 Å². The highest BCUT2D eigenvalue weighted by molar-refractivity contribution is 7.16. The van der Waals surface area contributed by atoms with E-state index in [0.29, 0.717) is 16.4 Å². The Kier molecular flexibility index (Phi) is 7.05. The lowest BCUT2D eigenvalue weighted by molar-refractivity contribution is -0.116. The first-order valence-corrected chi connectivity index (χ1v) is 8.82. The molecule has 0 unspecified atom stereocenters. The number of aromatic nitrogens is 1.